The van der Waals surface area contributed by atoms with E-state index < -0.39 is 22.6 Å². The summed E-state index contributed by atoms with van der Waals surface area (Å²) in [5.41, 5.74) is 1.01. The summed E-state index contributed by atoms with van der Waals surface area (Å²) >= 11 is 0. The van der Waals surface area contributed by atoms with Crippen LogP contribution in [0, 0.1) is 46.3 Å². The number of aliphatic hydroxyl groups excluding tert-OH is 2. The largest absolute Gasteiger partial charge is 0.397 e. The smallest absolute Gasteiger partial charge is 0.396 e. The maximum atomic E-state index is 11.3. The maximum Gasteiger partial charge on any atom is 0.397 e. The van der Waals surface area contributed by atoms with Gasteiger partial charge in [0.25, 0.3) is 0 Å². The van der Waals surface area contributed by atoms with E-state index in [4.69, 9.17) is 8.74 Å². The Balaban J connectivity index is 1.52. The molecule has 0 aromatic heterocycles. The van der Waals surface area contributed by atoms with Gasteiger partial charge in [-0.15, -0.1) is 0 Å². The lowest BCUT2D eigenvalue weighted by atomic mass is 9.46. The van der Waals surface area contributed by atoms with Gasteiger partial charge in [0.2, 0.25) is 0 Å². The van der Waals surface area contributed by atoms with Crippen molar-refractivity contribution in [3.8, 4) is 0 Å². The Bertz CT molecular complexity index is 868. The lowest BCUT2D eigenvalue weighted by Gasteiger charge is -2.59. The van der Waals surface area contributed by atoms with Crippen LogP contribution in [0.5, 0.6) is 0 Å². The molecule has 0 radical (unpaired) electrons. The van der Waals surface area contributed by atoms with Crippen molar-refractivity contribution in [1.29, 1.82) is 0 Å². The van der Waals surface area contributed by atoms with E-state index in [1.54, 1.807) is 0 Å². The van der Waals surface area contributed by atoms with Gasteiger partial charge in [-0.2, -0.15) is 8.42 Å². The topological polar surface area (TPSA) is 104 Å². The molecule has 196 valence electrons. The van der Waals surface area contributed by atoms with Crippen molar-refractivity contribution in [3.63, 3.8) is 0 Å². The molecule has 0 saturated heterocycles. The van der Waals surface area contributed by atoms with Gasteiger partial charge in [0.15, 0.2) is 0 Å². The fourth-order valence-corrected chi connectivity index (χ4v) is 9.50. The Kier molecular flexibility index (Phi) is 7.64. The molecule has 0 aromatic carbocycles. The van der Waals surface area contributed by atoms with Crippen molar-refractivity contribution >= 4 is 10.4 Å². The Morgan fingerprint density at radius 2 is 1.82 bits per heavy atom. The molecule has 7 heteroatoms. The first-order chi connectivity index (χ1) is 15.9. The van der Waals surface area contributed by atoms with E-state index in [9.17, 15) is 18.6 Å². The predicted molar refractivity (Wildman–Crippen MR) is 132 cm³/mol. The van der Waals surface area contributed by atoms with Crippen LogP contribution in [0.1, 0.15) is 91.9 Å². The third kappa shape index (κ3) is 4.77. The first-order valence-corrected chi connectivity index (χ1v) is 14.9. The minimum absolute atomic E-state index is 0.158. The van der Waals surface area contributed by atoms with Crippen LogP contribution in [0.25, 0.3) is 0 Å². The van der Waals surface area contributed by atoms with Gasteiger partial charge >= 0.3 is 10.4 Å². The van der Waals surface area contributed by atoms with E-state index >= 15 is 0 Å². The zero-order chi connectivity index (χ0) is 24.9. The molecule has 4 rings (SSSR count). The third-order valence-electron chi connectivity index (χ3n) is 10.6. The van der Waals surface area contributed by atoms with Crippen LogP contribution in [0.2, 0.25) is 0 Å². The first-order valence-electron chi connectivity index (χ1n) is 13.6. The monoisotopic (exact) mass is 498 g/mol. The number of aliphatic hydroxyl groups is 2. The maximum absolute atomic E-state index is 11.3. The molecule has 4 aliphatic rings. The second-order valence-electron chi connectivity index (χ2n) is 12.7. The molecule has 9 atom stereocenters. The molecule has 6 nitrogen and oxygen atoms in total. The summed E-state index contributed by atoms with van der Waals surface area (Å²) < 4.78 is 36.5. The van der Waals surface area contributed by atoms with E-state index in [1.165, 1.54) is 25.7 Å². The molecule has 3 saturated carbocycles. The fourth-order valence-electron chi connectivity index (χ4n) is 8.99. The molecule has 4 aliphatic carbocycles. The van der Waals surface area contributed by atoms with Crippen molar-refractivity contribution in [3.05, 3.63) is 11.6 Å². The fraction of sp³-hybridized carbons (Fsp3) is 0.926. The summed E-state index contributed by atoms with van der Waals surface area (Å²) in [4.78, 5) is 0. The highest BCUT2D eigenvalue weighted by molar-refractivity contribution is 7.80. The number of allylic oxidation sites excluding steroid dienone is 1. The Morgan fingerprint density at radius 3 is 2.47 bits per heavy atom. The van der Waals surface area contributed by atoms with Gasteiger partial charge in [0.05, 0.1) is 0 Å². The highest BCUT2D eigenvalue weighted by Gasteiger charge is 2.60. The van der Waals surface area contributed by atoms with E-state index in [0.29, 0.717) is 48.5 Å². The second-order valence-corrected chi connectivity index (χ2v) is 13.8. The molecule has 34 heavy (non-hydrogen) atoms. The van der Waals surface area contributed by atoms with Crippen molar-refractivity contribution in [2.75, 3.05) is 6.61 Å². The van der Waals surface area contributed by atoms with Gasteiger partial charge in [0, 0.05) is 6.61 Å². The quantitative estimate of drug-likeness (QED) is 0.315. The molecule has 0 aliphatic heterocycles. The minimum Gasteiger partial charge on any atom is -0.396 e. The van der Waals surface area contributed by atoms with Crippen LogP contribution in [-0.2, 0) is 14.6 Å². The lowest BCUT2D eigenvalue weighted by molar-refractivity contribution is -0.0793. The number of rotatable bonds is 8. The van der Waals surface area contributed by atoms with Crippen molar-refractivity contribution in [1.82, 2.24) is 0 Å². The summed E-state index contributed by atoms with van der Waals surface area (Å²) in [6, 6.07) is 0. The van der Waals surface area contributed by atoms with Gasteiger partial charge < -0.3 is 10.2 Å². The molecular formula is C27H46O6S. The van der Waals surface area contributed by atoms with Crippen LogP contribution >= 0.6 is 0 Å². The highest BCUT2D eigenvalue weighted by Crippen LogP contribution is 2.67. The molecule has 3 N–H and O–H groups in total. The molecule has 0 heterocycles. The van der Waals surface area contributed by atoms with E-state index in [-0.39, 0.29) is 10.8 Å². The molecule has 0 amide bonds. The molecule has 3 fully saturated rings. The highest BCUT2D eigenvalue weighted by atomic mass is 32.3. The number of hydrogen-bond acceptors (Lipinski definition) is 5. The van der Waals surface area contributed by atoms with Crippen LogP contribution in [0.15, 0.2) is 11.6 Å². The zero-order valence-corrected chi connectivity index (χ0v) is 22.3. The van der Waals surface area contributed by atoms with Crippen LogP contribution in [0.4, 0.5) is 0 Å². The average Bonchev–Trinajstić information content (AvgIpc) is 3.09. The van der Waals surface area contributed by atoms with Gasteiger partial charge in [-0.3, -0.25) is 4.55 Å². The van der Waals surface area contributed by atoms with Crippen LogP contribution in [-0.4, -0.2) is 42.0 Å². The van der Waals surface area contributed by atoms with Crippen molar-refractivity contribution in [2.24, 2.45) is 46.3 Å². The van der Waals surface area contributed by atoms with Crippen molar-refractivity contribution < 1.29 is 27.4 Å². The molecule has 0 aromatic rings. The van der Waals surface area contributed by atoms with Gasteiger partial charge in [0.1, 0.15) is 12.2 Å². The summed E-state index contributed by atoms with van der Waals surface area (Å²) in [7, 11) is -4.59. The SMILES string of the molecule is CC(C)CCCC(CO)C1CCC2C3CC=C4C(O)C(OS(=O)(=O)O)CCC4(C)C3CCC12C. The van der Waals surface area contributed by atoms with E-state index in [2.05, 4.69) is 33.8 Å². The summed E-state index contributed by atoms with van der Waals surface area (Å²) in [5.74, 6) is 3.36. The number of hydrogen-bond donors (Lipinski definition) is 3. The standard InChI is InChI=1S/C27H46O6S/c1-17(2)6-5-7-18(16-28)20-10-11-21-19-8-9-23-25(29)24(33-34(30,31)32)13-15-27(23,4)22(19)12-14-26(20,21)3/h9,17-22,24-25,28-29H,5-8,10-16H2,1-4H3,(H,30,31,32). The lowest BCUT2D eigenvalue weighted by Crippen LogP contribution is -2.54. The van der Waals surface area contributed by atoms with Crippen LogP contribution < -0.4 is 0 Å². The van der Waals surface area contributed by atoms with E-state index in [0.717, 1.165) is 37.7 Å². The van der Waals surface area contributed by atoms with Gasteiger partial charge in [-0.1, -0.05) is 46.6 Å². The molecule has 0 spiro atoms. The zero-order valence-electron chi connectivity index (χ0n) is 21.4. The first kappa shape index (κ1) is 26.6. The Labute approximate surface area is 206 Å². The summed E-state index contributed by atoms with van der Waals surface area (Å²) in [6.07, 6.45) is 10.6. The second kappa shape index (κ2) is 9.77. The Hall–Kier alpha value is -0.470. The van der Waals surface area contributed by atoms with E-state index in [1.807, 2.05) is 0 Å². The third-order valence-corrected chi connectivity index (χ3v) is 11.1. The van der Waals surface area contributed by atoms with Crippen LogP contribution in [0.3, 0.4) is 0 Å². The number of fused-ring (bicyclic) bond motifs is 5. The summed E-state index contributed by atoms with van der Waals surface area (Å²) in [5, 5.41) is 21.3. The van der Waals surface area contributed by atoms with Gasteiger partial charge in [-0.05, 0) is 103 Å². The molecule has 9 unspecified atom stereocenters. The Morgan fingerprint density at radius 1 is 1.09 bits per heavy atom. The average molecular weight is 499 g/mol. The molecule has 0 bridgehead atoms. The normalized spacial score (nSPS) is 43.1. The minimum atomic E-state index is -4.59. The molecular weight excluding hydrogens is 452 g/mol. The summed E-state index contributed by atoms with van der Waals surface area (Å²) in [6.45, 7) is 9.58. The predicted octanol–water partition coefficient (Wildman–Crippen LogP) is 5.16. The van der Waals surface area contributed by atoms with Gasteiger partial charge in [-0.25, -0.2) is 4.18 Å². The van der Waals surface area contributed by atoms with Crippen molar-refractivity contribution in [2.45, 2.75) is 104 Å².